The third kappa shape index (κ3) is 4.75. The number of ether oxygens (including phenoxy) is 1. The van der Waals surface area contributed by atoms with Gasteiger partial charge in [0.15, 0.2) is 0 Å². The van der Waals surface area contributed by atoms with E-state index in [0.29, 0.717) is 17.7 Å². The van der Waals surface area contributed by atoms with Crippen molar-refractivity contribution in [1.29, 1.82) is 0 Å². The van der Waals surface area contributed by atoms with Gasteiger partial charge in [-0.25, -0.2) is 0 Å². The van der Waals surface area contributed by atoms with Crippen LogP contribution in [0.2, 0.25) is 5.02 Å². The molecule has 5 rings (SSSR count). The van der Waals surface area contributed by atoms with Crippen LogP contribution in [0, 0.1) is 13.8 Å². The van der Waals surface area contributed by atoms with Crippen molar-refractivity contribution in [3.8, 4) is 28.0 Å². The van der Waals surface area contributed by atoms with Gasteiger partial charge in [-0.05, 0) is 57.4 Å². The molecule has 2 aromatic heterocycles. The molecule has 170 valence electrons. The zero-order valence-electron chi connectivity index (χ0n) is 19.1. The van der Waals surface area contributed by atoms with Crippen molar-refractivity contribution < 1.29 is 4.74 Å². The van der Waals surface area contributed by atoms with Gasteiger partial charge in [0.05, 0.1) is 23.3 Å². The number of hydrogen-bond donors (Lipinski definition) is 2. The predicted molar refractivity (Wildman–Crippen MR) is 135 cm³/mol. The van der Waals surface area contributed by atoms with Crippen LogP contribution in [0.5, 0.6) is 5.75 Å². The molecule has 2 aromatic carbocycles. The van der Waals surface area contributed by atoms with Crippen LogP contribution >= 0.6 is 11.6 Å². The number of aromatic nitrogens is 3. The standard InChI is InChI=1S/C27H29ClN4O/c1-17-9-18(2)11-19(10-17)24-16-30-26-13-25(28)22(20-14-31-32-15-20)12-23(26)27(24)33-8-6-21-5-3-4-7-29-21/h9-16,21,29H,3-8H2,1-2H3,(H,31,32)/t21-/m1/s1. The van der Waals surface area contributed by atoms with Crippen LogP contribution in [-0.2, 0) is 0 Å². The number of hydrogen-bond acceptors (Lipinski definition) is 4. The van der Waals surface area contributed by atoms with Crippen molar-refractivity contribution in [2.75, 3.05) is 13.2 Å². The Balaban J connectivity index is 1.59. The monoisotopic (exact) mass is 460 g/mol. The predicted octanol–water partition coefficient (Wildman–Crippen LogP) is 6.47. The van der Waals surface area contributed by atoms with Crippen LogP contribution in [0.4, 0.5) is 0 Å². The quantitative estimate of drug-likeness (QED) is 0.346. The summed E-state index contributed by atoms with van der Waals surface area (Å²) in [7, 11) is 0. The lowest BCUT2D eigenvalue weighted by Crippen LogP contribution is -2.35. The second kappa shape index (κ2) is 9.54. The normalized spacial score (nSPS) is 16.3. The first-order valence-electron chi connectivity index (χ1n) is 11.6. The number of piperidine rings is 1. The molecule has 1 fully saturated rings. The van der Waals surface area contributed by atoms with Gasteiger partial charge in [-0.15, -0.1) is 0 Å². The SMILES string of the molecule is Cc1cc(C)cc(-c2cnc3cc(Cl)c(-c4cn[nH]c4)cc3c2OCC[C@H]2CCCCN2)c1. The van der Waals surface area contributed by atoms with Gasteiger partial charge in [-0.2, -0.15) is 5.10 Å². The van der Waals surface area contributed by atoms with Gasteiger partial charge in [0, 0.05) is 40.5 Å². The van der Waals surface area contributed by atoms with Crippen LogP contribution in [0.25, 0.3) is 33.2 Å². The first-order valence-corrected chi connectivity index (χ1v) is 12.0. The lowest BCUT2D eigenvalue weighted by atomic mass is 9.98. The fourth-order valence-electron chi connectivity index (χ4n) is 4.77. The van der Waals surface area contributed by atoms with Gasteiger partial charge >= 0.3 is 0 Å². The summed E-state index contributed by atoms with van der Waals surface area (Å²) in [5, 5.41) is 12.2. The minimum absolute atomic E-state index is 0.521. The van der Waals surface area contributed by atoms with Crippen LogP contribution in [0.3, 0.4) is 0 Å². The number of rotatable bonds is 6. The van der Waals surface area contributed by atoms with Crippen molar-refractivity contribution in [1.82, 2.24) is 20.5 Å². The molecule has 0 aliphatic carbocycles. The van der Waals surface area contributed by atoms with Gasteiger partial charge in [0.2, 0.25) is 0 Å². The summed E-state index contributed by atoms with van der Waals surface area (Å²) >= 11 is 6.62. The molecule has 5 nitrogen and oxygen atoms in total. The molecule has 1 atom stereocenters. The number of halogens is 1. The Morgan fingerprint density at radius 3 is 2.58 bits per heavy atom. The van der Waals surface area contributed by atoms with E-state index in [1.165, 1.54) is 30.4 Å². The fraction of sp³-hybridized carbons (Fsp3) is 0.333. The number of nitrogens with zero attached hydrogens (tertiary/aromatic N) is 2. The summed E-state index contributed by atoms with van der Waals surface area (Å²) in [6, 6.07) is 11.1. The Bertz CT molecular complexity index is 1240. The van der Waals surface area contributed by atoms with E-state index < -0.39 is 0 Å². The van der Waals surface area contributed by atoms with E-state index in [1.807, 2.05) is 18.5 Å². The van der Waals surface area contributed by atoms with E-state index >= 15 is 0 Å². The van der Waals surface area contributed by atoms with E-state index in [9.17, 15) is 0 Å². The van der Waals surface area contributed by atoms with Crippen molar-refractivity contribution >= 4 is 22.5 Å². The Morgan fingerprint density at radius 2 is 1.85 bits per heavy atom. The van der Waals surface area contributed by atoms with Gasteiger partial charge in [-0.3, -0.25) is 10.1 Å². The van der Waals surface area contributed by atoms with E-state index in [4.69, 9.17) is 21.3 Å². The van der Waals surface area contributed by atoms with Crippen molar-refractivity contribution in [3.05, 3.63) is 65.1 Å². The van der Waals surface area contributed by atoms with Gasteiger partial charge in [-0.1, -0.05) is 47.3 Å². The molecule has 0 saturated carbocycles. The zero-order chi connectivity index (χ0) is 22.8. The molecular formula is C27H29ClN4O. The molecule has 4 aromatic rings. The average Bonchev–Trinajstić information content (AvgIpc) is 3.33. The highest BCUT2D eigenvalue weighted by Gasteiger charge is 2.18. The van der Waals surface area contributed by atoms with E-state index in [2.05, 4.69) is 53.6 Å². The average molecular weight is 461 g/mol. The lowest BCUT2D eigenvalue weighted by molar-refractivity contribution is 0.271. The number of fused-ring (bicyclic) bond motifs is 1. The Hall–Kier alpha value is -2.89. The molecule has 1 aliphatic rings. The molecule has 1 saturated heterocycles. The van der Waals surface area contributed by atoms with Crippen molar-refractivity contribution in [2.45, 2.75) is 45.6 Å². The van der Waals surface area contributed by atoms with Crippen molar-refractivity contribution in [2.24, 2.45) is 0 Å². The molecule has 3 heterocycles. The Morgan fingerprint density at radius 1 is 1.00 bits per heavy atom. The number of pyridine rings is 1. The Kier molecular flexibility index (Phi) is 6.34. The summed E-state index contributed by atoms with van der Waals surface area (Å²) in [5.74, 6) is 0.863. The third-order valence-corrected chi connectivity index (χ3v) is 6.69. The topological polar surface area (TPSA) is 62.8 Å². The lowest BCUT2D eigenvalue weighted by Gasteiger charge is -2.24. The molecular weight excluding hydrogens is 432 g/mol. The highest BCUT2D eigenvalue weighted by Crippen LogP contribution is 2.40. The molecule has 0 unspecified atom stereocenters. The molecule has 0 spiro atoms. The first kappa shape index (κ1) is 21.9. The molecule has 2 N–H and O–H groups in total. The third-order valence-electron chi connectivity index (χ3n) is 6.37. The minimum Gasteiger partial charge on any atom is -0.492 e. The largest absolute Gasteiger partial charge is 0.492 e. The van der Waals surface area contributed by atoms with Crippen molar-refractivity contribution in [3.63, 3.8) is 0 Å². The maximum absolute atomic E-state index is 6.62. The molecule has 0 bridgehead atoms. The van der Waals surface area contributed by atoms with Crippen LogP contribution in [-0.4, -0.2) is 34.4 Å². The number of aromatic amines is 1. The molecule has 6 heteroatoms. The summed E-state index contributed by atoms with van der Waals surface area (Å²) in [6.45, 7) is 6.00. The molecule has 0 amide bonds. The smallest absolute Gasteiger partial charge is 0.138 e. The molecule has 1 aliphatic heterocycles. The van der Waals surface area contributed by atoms with E-state index in [-0.39, 0.29) is 0 Å². The second-order valence-electron chi connectivity index (χ2n) is 9.00. The Labute approximate surface area is 199 Å². The first-order chi connectivity index (χ1) is 16.1. The number of H-pyrrole nitrogens is 1. The zero-order valence-corrected chi connectivity index (χ0v) is 19.9. The van der Waals surface area contributed by atoms with E-state index in [1.54, 1.807) is 6.20 Å². The molecule has 0 radical (unpaired) electrons. The number of aryl methyl sites for hydroxylation is 2. The maximum atomic E-state index is 6.62. The van der Waals surface area contributed by atoms with Gasteiger partial charge in [0.1, 0.15) is 5.75 Å². The minimum atomic E-state index is 0.521. The highest BCUT2D eigenvalue weighted by atomic mass is 35.5. The van der Waals surface area contributed by atoms with E-state index in [0.717, 1.165) is 51.9 Å². The fourth-order valence-corrected chi connectivity index (χ4v) is 5.04. The van der Waals surface area contributed by atoms with Crippen LogP contribution < -0.4 is 10.1 Å². The highest BCUT2D eigenvalue weighted by molar-refractivity contribution is 6.34. The van der Waals surface area contributed by atoms with Crippen LogP contribution in [0.1, 0.15) is 36.8 Å². The maximum Gasteiger partial charge on any atom is 0.138 e. The summed E-state index contributed by atoms with van der Waals surface area (Å²) < 4.78 is 6.55. The summed E-state index contributed by atoms with van der Waals surface area (Å²) in [5.41, 5.74) is 7.24. The number of nitrogens with one attached hydrogen (secondary N) is 2. The number of benzene rings is 2. The molecule has 33 heavy (non-hydrogen) atoms. The van der Waals surface area contributed by atoms with Crippen LogP contribution in [0.15, 0.2) is 48.9 Å². The second-order valence-corrected chi connectivity index (χ2v) is 9.40. The van der Waals surface area contributed by atoms with Gasteiger partial charge in [0.25, 0.3) is 0 Å². The summed E-state index contributed by atoms with van der Waals surface area (Å²) in [6.07, 6.45) is 10.3. The van der Waals surface area contributed by atoms with Gasteiger partial charge < -0.3 is 10.1 Å². The summed E-state index contributed by atoms with van der Waals surface area (Å²) in [4.78, 5) is 4.76.